The van der Waals surface area contributed by atoms with Crippen molar-refractivity contribution in [1.29, 1.82) is 0 Å². The van der Waals surface area contributed by atoms with E-state index in [0.29, 0.717) is 6.54 Å². The van der Waals surface area contributed by atoms with Crippen molar-refractivity contribution in [2.45, 2.75) is 59.0 Å². The number of carbonyl (C=O) groups excluding carboxylic acids is 3. The lowest BCUT2D eigenvalue weighted by Crippen LogP contribution is -2.35. The standard InChI is InChI=1S/C19H31NO6/c1-6-7-8-9-10-11-20-19(23)26-16(12-24-17(21)14(2)3)13-25-18(22)15(4)5/h16H,2,4,6-13H2,1,3,5H3,(H,20,23). The number of rotatable bonds is 13. The van der Waals surface area contributed by atoms with E-state index in [1.165, 1.54) is 20.3 Å². The Kier molecular flexibility index (Phi) is 12.7. The predicted octanol–water partition coefficient (Wildman–Crippen LogP) is 3.29. The lowest BCUT2D eigenvalue weighted by atomic mass is 10.1. The Morgan fingerprint density at radius 1 is 0.885 bits per heavy atom. The molecular weight excluding hydrogens is 338 g/mol. The second-order valence-electron chi connectivity index (χ2n) is 6.13. The van der Waals surface area contributed by atoms with Crippen molar-refractivity contribution in [3.05, 3.63) is 24.3 Å². The molecule has 0 saturated carbocycles. The first kappa shape index (κ1) is 23.7. The van der Waals surface area contributed by atoms with Crippen LogP contribution in [-0.2, 0) is 23.8 Å². The zero-order valence-electron chi connectivity index (χ0n) is 16.1. The molecule has 7 nitrogen and oxygen atoms in total. The molecule has 26 heavy (non-hydrogen) atoms. The van der Waals surface area contributed by atoms with Gasteiger partial charge < -0.3 is 19.5 Å². The number of ether oxygens (including phenoxy) is 3. The van der Waals surface area contributed by atoms with Crippen LogP contribution < -0.4 is 5.32 Å². The third-order valence-corrected chi connectivity index (χ3v) is 3.32. The summed E-state index contributed by atoms with van der Waals surface area (Å²) in [6.07, 6.45) is 3.78. The minimum absolute atomic E-state index is 0.221. The number of unbranched alkanes of at least 4 members (excludes halogenated alkanes) is 4. The zero-order valence-corrected chi connectivity index (χ0v) is 16.1. The summed E-state index contributed by atoms with van der Waals surface area (Å²) >= 11 is 0. The van der Waals surface area contributed by atoms with Crippen LogP contribution >= 0.6 is 0 Å². The predicted molar refractivity (Wildman–Crippen MR) is 98.6 cm³/mol. The second kappa shape index (κ2) is 13.9. The Bertz CT molecular complexity index is 470. The minimum Gasteiger partial charge on any atom is -0.458 e. The molecule has 0 bridgehead atoms. The van der Waals surface area contributed by atoms with Crippen LogP contribution in [0.1, 0.15) is 52.9 Å². The van der Waals surface area contributed by atoms with Crippen LogP contribution in [0, 0.1) is 0 Å². The Morgan fingerprint density at radius 2 is 1.38 bits per heavy atom. The van der Waals surface area contributed by atoms with E-state index < -0.39 is 24.1 Å². The minimum atomic E-state index is -0.915. The lowest BCUT2D eigenvalue weighted by molar-refractivity contribution is -0.147. The molecule has 0 unspecified atom stereocenters. The molecule has 7 heteroatoms. The van der Waals surface area contributed by atoms with Crippen molar-refractivity contribution < 1.29 is 28.6 Å². The van der Waals surface area contributed by atoms with E-state index in [9.17, 15) is 14.4 Å². The topological polar surface area (TPSA) is 90.9 Å². The van der Waals surface area contributed by atoms with Crippen LogP contribution in [0.5, 0.6) is 0 Å². The SMILES string of the molecule is C=C(C)C(=O)OCC(COC(=O)C(=C)C)OC(=O)NCCCCCCC. The van der Waals surface area contributed by atoms with Crippen molar-refractivity contribution in [3.8, 4) is 0 Å². The summed E-state index contributed by atoms with van der Waals surface area (Å²) in [6.45, 7) is 12.1. The normalized spacial score (nSPS) is 10.2. The highest BCUT2D eigenvalue weighted by Crippen LogP contribution is 2.03. The van der Waals surface area contributed by atoms with Crippen LogP contribution in [0.3, 0.4) is 0 Å². The van der Waals surface area contributed by atoms with E-state index in [1.807, 2.05) is 0 Å². The molecule has 0 aliphatic heterocycles. The van der Waals surface area contributed by atoms with Crippen LogP contribution in [0.15, 0.2) is 24.3 Å². The first-order chi connectivity index (χ1) is 12.3. The van der Waals surface area contributed by atoms with Gasteiger partial charge in [-0.3, -0.25) is 0 Å². The largest absolute Gasteiger partial charge is 0.458 e. The maximum absolute atomic E-state index is 11.9. The van der Waals surface area contributed by atoms with Gasteiger partial charge in [0.25, 0.3) is 0 Å². The smallest absolute Gasteiger partial charge is 0.407 e. The van der Waals surface area contributed by atoms with Crippen molar-refractivity contribution in [2.24, 2.45) is 0 Å². The summed E-state index contributed by atoms with van der Waals surface area (Å²) in [5.41, 5.74) is 0.443. The van der Waals surface area contributed by atoms with Gasteiger partial charge in [-0.05, 0) is 20.3 Å². The molecule has 0 aromatic carbocycles. The van der Waals surface area contributed by atoms with Crippen molar-refractivity contribution in [2.75, 3.05) is 19.8 Å². The van der Waals surface area contributed by atoms with E-state index in [-0.39, 0.29) is 24.4 Å². The van der Waals surface area contributed by atoms with Crippen LogP contribution in [0.25, 0.3) is 0 Å². The second-order valence-corrected chi connectivity index (χ2v) is 6.13. The Morgan fingerprint density at radius 3 is 1.85 bits per heavy atom. The monoisotopic (exact) mass is 369 g/mol. The van der Waals surface area contributed by atoms with Gasteiger partial charge in [-0.25, -0.2) is 14.4 Å². The van der Waals surface area contributed by atoms with Gasteiger partial charge in [-0.1, -0.05) is 45.8 Å². The number of esters is 2. The Hall–Kier alpha value is -2.31. The molecule has 0 fully saturated rings. The Labute approximate surface area is 155 Å². The van der Waals surface area contributed by atoms with Crippen LogP contribution in [-0.4, -0.2) is 43.9 Å². The van der Waals surface area contributed by atoms with Crippen molar-refractivity contribution in [3.63, 3.8) is 0 Å². The van der Waals surface area contributed by atoms with E-state index in [1.54, 1.807) is 0 Å². The number of amides is 1. The molecule has 0 heterocycles. The average Bonchev–Trinajstić information content (AvgIpc) is 2.59. The summed E-state index contributed by atoms with van der Waals surface area (Å²) < 4.78 is 15.1. The number of carbonyl (C=O) groups is 3. The fraction of sp³-hybridized carbons (Fsp3) is 0.632. The lowest BCUT2D eigenvalue weighted by Gasteiger charge is -2.18. The number of hydrogen-bond donors (Lipinski definition) is 1. The van der Waals surface area contributed by atoms with Crippen LogP contribution in [0.2, 0.25) is 0 Å². The maximum atomic E-state index is 11.9. The number of alkyl carbamates (subject to hydrolysis) is 1. The van der Waals surface area contributed by atoms with Gasteiger partial charge in [0.1, 0.15) is 13.2 Å². The van der Waals surface area contributed by atoms with Gasteiger partial charge in [0.2, 0.25) is 0 Å². The van der Waals surface area contributed by atoms with Gasteiger partial charge in [0.05, 0.1) is 0 Å². The summed E-state index contributed by atoms with van der Waals surface area (Å²) in [4.78, 5) is 34.8. The fourth-order valence-electron chi connectivity index (χ4n) is 1.81. The van der Waals surface area contributed by atoms with Gasteiger partial charge >= 0.3 is 18.0 Å². The van der Waals surface area contributed by atoms with Crippen LogP contribution in [0.4, 0.5) is 4.79 Å². The third-order valence-electron chi connectivity index (χ3n) is 3.32. The quantitative estimate of drug-likeness (QED) is 0.232. The van der Waals surface area contributed by atoms with Gasteiger partial charge in [0.15, 0.2) is 6.10 Å². The highest BCUT2D eigenvalue weighted by atomic mass is 16.6. The molecule has 0 aromatic heterocycles. The summed E-state index contributed by atoms with van der Waals surface area (Å²) in [5.74, 6) is -1.22. The number of hydrogen-bond acceptors (Lipinski definition) is 6. The van der Waals surface area contributed by atoms with Crippen molar-refractivity contribution in [1.82, 2.24) is 5.32 Å². The molecular formula is C19H31NO6. The molecule has 0 spiro atoms. The first-order valence-corrected chi connectivity index (χ1v) is 8.87. The van der Waals surface area contributed by atoms with Gasteiger partial charge in [-0.2, -0.15) is 0 Å². The molecule has 0 aliphatic carbocycles. The fourth-order valence-corrected chi connectivity index (χ4v) is 1.81. The Balaban J connectivity index is 4.36. The average molecular weight is 369 g/mol. The molecule has 0 aromatic rings. The molecule has 0 radical (unpaired) electrons. The highest BCUT2D eigenvalue weighted by Gasteiger charge is 2.19. The van der Waals surface area contributed by atoms with E-state index in [4.69, 9.17) is 14.2 Å². The molecule has 1 N–H and O–H groups in total. The maximum Gasteiger partial charge on any atom is 0.407 e. The summed E-state index contributed by atoms with van der Waals surface area (Å²) in [6, 6.07) is 0. The van der Waals surface area contributed by atoms with Crippen molar-refractivity contribution >= 4 is 18.0 Å². The highest BCUT2D eigenvalue weighted by molar-refractivity contribution is 5.87. The van der Waals surface area contributed by atoms with E-state index >= 15 is 0 Å². The molecule has 0 atom stereocenters. The first-order valence-electron chi connectivity index (χ1n) is 8.87. The molecule has 0 aliphatic rings. The molecule has 1 amide bonds. The summed E-state index contributed by atoms with van der Waals surface area (Å²) in [7, 11) is 0. The van der Waals surface area contributed by atoms with E-state index in [2.05, 4.69) is 25.4 Å². The third kappa shape index (κ3) is 12.1. The van der Waals surface area contributed by atoms with Gasteiger partial charge in [-0.15, -0.1) is 0 Å². The zero-order chi connectivity index (χ0) is 19.9. The molecule has 0 rings (SSSR count). The van der Waals surface area contributed by atoms with Gasteiger partial charge in [0, 0.05) is 17.7 Å². The summed E-state index contributed by atoms with van der Waals surface area (Å²) in [5, 5.41) is 2.63. The molecule has 148 valence electrons. The number of nitrogens with one attached hydrogen (secondary N) is 1. The molecule has 0 saturated heterocycles. The van der Waals surface area contributed by atoms with E-state index in [0.717, 1.165) is 25.7 Å².